The third-order valence-corrected chi connectivity index (χ3v) is 5.63. The monoisotopic (exact) mass is 387 g/mol. The molecule has 7 heteroatoms. The summed E-state index contributed by atoms with van der Waals surface area (Å²) >= 11 is 0. The molecule has 1 aromatic carbocycles. The molecule has 0 bridgehead atoms. The summed E-state index contributed by atoms with van der Waals surface area (Å²) in [5, 5.41) is 3.05. The largest absolute Gasteiger partial charge is 0.497 e. The highest BCUT2D eigenvalue weighted by atomic mass is 16.5. The Hall–Kier alpha value is -2.57. The summed E-state index contributed by atoms with van der Waals surface area (Å²) in [4.78, 5) is 40.9. The van der Waals surface area contributed by atoms with Crippen LogP contribution in [0.3, 0.4) is 0 Å². The van der Waals surface area contributed by atoms with Gasteiger partial charge in [-0.3, -0.25) is 14.4 Å². The van der Waals surface area contributed by atoms with E-state index < -0.39 is 0 Å². The normalized spacial score (nSPS) is 20.6. The van der Waals surface area contributed by atoms with E-state index in [1.807, 2.05) is 18.7 Å². The number of nitrogens with one attached hydrogen (secondary N) is 1. The topological polar surface area (TPSA) is 79.0 Å². The maximum absolute atomic E-state index is 12.8. The van der Waals surface area contributed by atoms with Crippen molar-refractivity contribution in [1.29, 1.82) is 0 Å². The first-order valence-electron chi connectivity index (χ1n) is 9.92. The van der Waals surface area contributed by atoms with Crippen LogP contribution in [0.15, 0.2) is 24.3 Å². The van der Waals surface area contributed by atoms with Gasteiger partial charge in [-0.1, -0.05) is 0 Å². The third-order valence-electron chi connectivity index (χ3n) is 5.63. The Kier molecular flexibility index (Phi) is 6.21. The van der Waals surface area contributed by atoms with Crippen molar-refractivity contribution in [3.8, 4) is 5.75 Å². The molecular formula is C21H29N3O4. The minimum atomic E-state index is -0.236. The van der Waals surface area contributed by atoms with Crippen LogP contribution >= 0.6 is 0 Å². The number of methoxy groups -OCH3 is 1. The second-order valence-corrected chi connectivity index (χ2v) is 7.84. The predicted octanol–water partition coefficient (Wildman–Crippen LogP) is 1.67. The number of benzene rings is 1. The first kappa shape index (κ1) is 20.2. The van der Waals surface area contributed by atoms with Crippen LogP contribution < -0.4 is 10.1 Å². The Labute approximate surface area is 166 Å². The van der Waals surface area contributed by atoms with E-state index in [9.17, 15) is 14.4 Å². The zero-order valence-electron chi connectivity index (χ0n) is 16.8. The van der Waals surface area contributed by atoms with Gasteiger partial charge in [-0.05, 0) is 51.0 Å². The second-order valence-electron chi connectivity index (χ2n) is 7.84. The van der Waals surface area contributed by atoms with E-state index in [0.29, 0.717) is 37.4 Å². The van der Waals surface area contributed by atoms with Crippen molar-refractivity contribution in [2.45, 2.75) is 45.2 Å². The Morgan fingerprint density at radius 2 is 1.79 bits per heavy atom. The van der Waals surface area contributed by atoms with Crippen LogP contribution in [0.5, 0.6) is 5.75 Å². The van der Waals surface area contributed by atoms with Crippen LogP contribution in [-0.4, -0.2) is 66.3 Å². The molecule has 1 N–H and O–H groups in total. The van der Waals surface area contributed by atoms with E-state index in [-0.39, 0.29) is 35.7 Å². The molecule has 3 amide bonds. The number of carbonyl (C=O) groups is 3. The van der Waals surface area contributed by atoms with Crippen molar-refractivity contribution >= 4 is 17.7 Å². The lowest BCUT2D eigenvalue weighted by Crippen LogP contribution is -2.48. The predicted molar refractivity (Wildman–Crippen MR) is 105 cm³/mol. The van der Waals surface area contributed by atoms with Crippen LogP contribution in [-0.2, 0) is 9.59 Å². The lowest BCUT2D eigenvalue weighted by Gasteiger charge is -2.34. The first-order valence-corrected chi connectivity index (χ1v) is 9.92. The fourth-order valence-corrected chi connectivity index (χ4v) is 3.91. The van der Waals surface area contributed by atoms with Gasteiger partial charge in [-0.2, -0.15) is 0 Å². The number of ether oxygens (including phenoxy) is 1. The van der Waals surface area contributed by atoms with E-state index in [0.717, 1.165) is 12.8 Å². The number of piperidine rings is 1. The molecule has 0 spiro atoms. The molecule has 3 rings (SSSR count). The van der Waals surface area contributed by atoms with E-state index in [4.69, 9.17) is 4.74 Å². The van der Waals surface area contributed by atoms with E-state index in [1.165, 1.54) is 0 Å². The molecule has 0 saturated carbocycles. The zero-order valence-corrected chi connectivity index (χ0v) is 16.8. The van der Waals surface area contributed by atoms with Gasteiger partial charge in [0.2, 0.25) is 11.8 Å². The van der Waals surface area contributed by atoms with Crippen molar-refractivity contribution in [1.82, 2.24) is 15.1 Å². The van der Waals surface area contributed by atoms with E-state index >= 15 is 0 Å². The molecule has 1 atom stereocenters. The van der Waals surface area contributed by atoms with Gasteiger partial charge >= 0.3 is 0 Å². The van der Waals surface area contributed by atoms with Gasteiger partial charge < -0.3 is 19.9 Å². The Morgan fingerprint density at radius 3 is 2.32 bits per heavy atom. The SMILES string of the molecule is COc1ccc(C(=O)NC2CCN(C(=O)C3CC(=O)N(C(C)C)C3)CC2)cc1. The number of rotatable bonds is 5. The molecule has 1 unspecified atom stereocenters. The standard InChI is InChI=1S/C21H29N3O4/c1-14(2)24-13-16(12-19(24)25)21(27)23-10-8-17(9-11-23)22-20(26)15-4-6-18(28-3)7-5-15/h4-7,14,16-17H,8-13H2,1-3H3,(H,22,26). The molecule has 28 heavy (non-hydrogen) atoms. The molecule has 0 aliphatic carbocycles. The molecule has 152 valence electrons. The lowest BCUT2D eigenvalue weighted by molar-refractivity contribution is -0.136. The highest BCUT2D eigenvalue weighted by Crippen LogP contribution is 2.24. The van der Waals surface area contributed by atoms with Crippen molar-refractivity contribution in [3.63, 3.8) is 0 Å². The van der Waals surface area contributed by atoms with Crippen molar-refractivity contribution < 1.29 is 19.1 Å². The minimum absolute atomic E-state index is 0.0519. The average Bonchev–Trinajstić information content (AvgIpc) is 3.10. The van der Waals surface area contributed by atoms with E-state index in [1.54, 1.807) is 36.3 Å². The molecule has 2 aliphatic rings. The highest BCUT2D eigenvalue weighted by molar-refractivity contribution is 5.94. The lowest BCUT2D eigenvalue weighted by atomic mass is 10.0. The Morgan fingerprint density at radius 1 is 1.14 bits per heavy atom. The summed E-state index contributed by atoms with van der Waals surface area (Å²) in [5.41, 5.74) is 0.595. The van der Waals surface area contributed by atoms with Gasteiger partial charge in [0.15, 0.2) is 0 Å². The highest BCUT2D eigenvalue weighted by Gasteiger charge is 2.38. The maximum atomic E-state index is 12.8. The summed E-state index contributed by atoms with van der Waals surface area (Å²) in [6.45, 7) is 5.69. The van der Waals surface area contributed by atoms with Gasteiger partial charge in [0.25, 0.3) is 5.91 Å². The molecule has 0 aromatic heterocycles. The van der Waals surface area contributed by atoms with Gasteiger partial charge in [-0.15, -0.1) is 0 Å². The summed E-state index contributed by atoms with van der Waals surface area (Å²) in [7, 11) is 1.59. The quantitative estimate of drug-likeness (QED) is 0.834. The molecule has 0 radical (unpaired) electrons. The van der Waals surface area contributed by atoms with Gasteiger partial charge in [0.05, 0.1) is 13.0 Å². The van der Waals surface area contributed by atoms with Crippen molar-refractivity contribution in [3.05, 3.63) is 29.8 Å². The van der Waals surface area contributed by atoms with E-state index in [2.05, 4.69) is 5.32 Å². The first-order chi connectivity index (χ1) is 13.4. The zero-order chi connectivity index (χ0) is 20.3. The molecule has 2 saturated heterocycles. The van der Waals surface area contributed by atoms with Gasteiger partial charge in [0.1, 0.15) is 5.75 Å². The Balaban J connectivity index is 1.48. The summed E-state index contributed by atoms with van der Waals surface area (Å²) in [6.07, 6.45) is 1.76. The third kappa shape index (κ3) is 4.46. The van der Waals surface area contributed by atoms with Gasteiger partial charge in [-0.25, -0.2) is 0 Å². The number of likely N-dealkylation sites (tertiary alicyclic amines) is 2. The number of hydrogen-bond acceptors (Lipinski definition) is 4. The minimum Gasteiger partial charge on any atom is -0.497 e. The fraction of sp³-hybridized carbons (Fsp3) is 0.571. The number of carbonyl (C=O) groups excluding carboxylic acids is 3. The second kappa shape index (κ2) is 8.63. The molecular weight excluding hydrogens is 358 g/mol. The van der Waals surface area contributed by atoms with Crippen LogP contribution in [0.2, 0.25) is 0 Å². The number of nitrogens with zero attached hydrogens (tertiary/aromatic N) is 2. The molecule has 7 nitrogen and oxygen atoms in total. The summed E-state index contributed by atoms with van der Waals surface area (Å²) in [5.74, 6) is 0.498. The smallest absolute Gasteiger partial charge is 0.251 e. The van der Waals surface area contributed by atoms with Crippen LogP contribution in [0.1, 0.15) is 43.5 Å². The summed E-state index contributed by atoms with van der Waals surface area (Å²) < 4.78 is 5.11. The van der Waals surface area contributed by atoms with Crippen LogP contribution in [0.4, 0.5) is 0 Å². The number of hydrogen-bond donors (Lipinski definition) is 1. The number of amides is 3. The molecule has 2 heterocycles. The fourth-order valence-electron chi connectivity index (χ4n) is 3.91. The maximum Gasteiger partial charge on any atom is 0.251 e. The molecule has 2 fully saturated rings. The van der Waals surface area contributed by atoms with Crippen LogP contribution in [0, 0.1) is 5.92 Å². The van der Waals surface area contributed by atoms with Crippen molar-refractivity contribution in [2.75, 3.05) is 26.7 Å². The average molecular weight is 387 g/mol. The summed E-state index contributed by atoms with van der Waals surface area (Å²) in [6, 6.07) is 7.19. The van der Waals surface area contributed by atoms with Crippen molar-refractivity contribution in [2.24, 2.45) is 5.92 Å². The Bertz CT molecular complexity index is 724. The van der Waals surface area contributed by atoms with Crippen LogP contribution in [0.25, 0.3) is 0 Å². The molecule has 1 aromatic rings. The van der Waals surface area contributed by atoms with Gasteiger partial charge in [0, 0.05) is 43.7 Å². The molecule has 2 aliphatic heterocycles.